The van der Waals surface area contributed by atoms with E-state index in [4.69, 9.17) is 0 Å². The molecule has 0 spiro atoms. The van der Waals surface area contributed by atoms with E-state index in [2.05, 4.69) is 26.2 Å². The molecule has 1 heterocycles. The molecule has 2 aromatic rings. The fraction of sp³-hybridized carbons (Fsp3) is 0.158. The summed E-state index contributed by atoms with van der Waals surface area (Å²) in [5.41, 5.74) is 4.06. The lowest BCUT2D eigenvalue weighted by Crippen LogP contribution is -2.19. The van der Waals surface area contributed by atoms with Crippen molar-refractivity contribution in [2.24, 2.45) is 4.99 Å². The van der Waals surface area contributed by atoms with Crippen LogP contribution in [0.1, 0.15) is 11.1 Å². The maximum absolute atomic E-state index is 12.2. The van der Waals surface area contributed by atoms with E-state index in [1.807, 2.05) is 74.5 Å². The number of aliphatic imine (C=N–C) groups is 1. The van der Waals surface area contributed by atoms with E-state index in [9.17, 15) is 4.79 Å². The zero-order valence-corrected chi connectivity index (χ0v) is 16.6. The van der Waals surface area contributed by atoms with Crippen LogP contribution in [0.2, 0.25) is 0 Å². The van der Waals surface area contributed by atoms with Crippen LogP contribution in [0, 0.1) is 6.92 Å². The number of hydrogen-bond acceptors (Lipinski definition) is 4. The molecule has 0 atom stereocenters. The molecule has 0 aliphatic carbocycles. The van der Waals surface area contributed by atoms with Crippen molar-refractivity contribution in [3.05, 3.63) is 63.0 Å². The number of amidine groups is 1. The summed E-state index contributed by atoms with van der Waals surface area (Å²) in [6.07, 6.45) is 1.88. The Morgan fingerprint density at radius 3 is 2.52 bits per heavy atom. The topological polar surface area (TPSA) is 44.7 Å². The smallest absolute Gasteiger partial charge is 0.264 e. The molecule has 1 saturated heterocycles. The maximum atomic E-state index is 12.2. The Hall–Kier alpha value is -2.05. The van der Waals surface area contributed by atoms with Gasteiger partial charge in [0, 0.05) is 18.6 Å². The summed E-state index contributed by atoms with van der Waals surface area (Å²) in [5.74, 6) is -0.122. The van der Waals surface area contributed by atoms with Gasteiger partial charge in [-0.1, -0.05) is 23.8 Å². The van der Waals surface area contributed by atoms with E-state index >= 15 is 0 Å². The number of anilines is 1. The first-order valence-corrected chi connectivity index (χ1v) is 9.36. The van der Waals surface area contributed by atoms with E-state index in [-0.39, 0.29) is 5.91 Å². The lowest BCUT2D eigenvalue weighted by Gasteiger charge is -2.14. The summed E-state index contributed by atoms with van der Waals surface area (Å²) < 4.78 is 0.990. The van der Waals surface area contributed by atoms with Gasteiger partial charge in [0.15, 0.2) is 5.17 Å². The number of nitrogens with zero attached hydrogens (tertiary/aromatic N) is 2. The van der Waals surface area contributed by atoms with Gasteiger partial charge in [-0.25, -0.2) is 4.99 Å². The minimum absolute atomic E-state index is 0.122. The zero-order valence-electron chi connectivity index (χ0n) is 14.2. The molecule has 0 aromatic heterocycles. The molecule has 6 heteroatoms. The summed E-state index contributed by atoms with van der Waals surface area (Å²) in [6.45, 7) is 2.03. The third-order valence-corrected chi connectivity index (χ3v) is 5.21. The van der Waals surface area contributed by atoms with Crippen LogP contribution in [-0.4, -0.2) is 25.2 Å². The van der Waals surface area contributed by atoms with Crippen molar-refractivity contribution < 1.29 is 4.79 Å². The van der Waals surface area contributed by atoms with Crippen LogP contribution in [0.4, 0.5) is 11.4 Å². The Labute approximate surface area is 160 Å². The first-order valence-electron chi connectivity index (χ1n) is 7.75. The second-order valence-corrected chi connectivity index (χ2v) is 7.81. The Balaban J connectivity index is 1.81. The number of carbonyl (C=O) groups excluding carboxylic acids is 1. The molecular weight excluding hydrogens is 398 g/mol. The van der Waals surface area contributed by atoms with Crippen LogP contribution in [-0.2, 0) is 4.79 Å². The molecule has 1 aliphatic heterocycles. The van der Waals surface area contributed by atoms with E-state index in [0.29, 0.717) is 10.1 Å². The average Bonchev–Trinajstić information content (AvgIpc) is 2.89. The van der Waals surface area contributed by atoms with Gasteiger partial charge in [0.1, 0.15) is 0 Å². The lowest BCUT2D eigenvalue weighted by atomic mass is 10.2. The van der Waals surface area contributed by atoms with E-state index in [1.54, 1.807) is 0 Å². The predicted molar refractivity (Wildman–Crippen MR) is 110 cm³/mol. The largest absolute Gasteiger partial charge is 0.377 e. The van der Waals surface area contributed by atoms with Gasteiger partial charge in [-0.2, -0.15) is 0 Å². The van der Waals surface area contributed by atoms with Crippen LogP contribution in [0.15, 0.2) is 56.8 Å². The average molecular weight is 416 g/mol. The first kappa shape index (κ1) is 17.8. The van der Waals surface area contributed by atoms with E-state index in [1.165, 1.54) is 17.3 Å². The molecule has 1 N–H and O–H groups in total. The standard InChI is InChI=1S/C19H18BrN3OS/c1-12-4-7-14(8-5-12)21-19-22-18(24)17(25-19)11-13-6-9-16(23(2)3)15(20)10-13/h4-11H,1-3H3,(H,21,22,24)/b17-11+. The van der Waals surface area contributed by atoms with Crippen molar-refractivity contribution in [3.63, 3.8) is 0 Å². The molecule has 2 aromatic carbocycles. The predicted octanol–water partition coefficient (Wildman–Crippen LogP) is 4.72. The van der Waals surface area contributed by atoms with Crippen molar-refractivity contribution in [2.45, 2.75) is 6.92 Å². The zero-order chi connectivity index (χ0) is 18.0. The lowest BCUT2D eigenvalue weighted by molar-refractivity contribution is -0.115. The molecule has 1 amide bonds. The third-order valence-electron chi connectivity index (χ3n) is 3.67. The van der Waals surface area contributed by atoms with Gasteiger partial charge in [0.25, 0.3) is 5.91 Å². The van der Waals surface area contributed by atoms with Crippen LogP contribution >= 0.6 is 27.7 Å². The molecule has 0 unspecified atom stereocenters. The number of aryl methyl sites for hydroxylation is 1. The van der Waals surface area contributed by atoms with Gasteiger partial charge < -0.3 is 10.2 Å². The highest BCUT2D eigenvalue weighted by atomic mass is 79.9. The minimum Gasteiger partial charge on any atom is -0.377 e. The molecule has 128 valence electrons. The van der Waals surface area contributed by atoms with Crippen molar-refractivity contribution in [1.29, 1.82) is 0 Å². The van der Waals surface area contributed by atoms with Gasteiger partial charge in [-0.05, 0) is 70.5 Å². The van der Waals surface area contributed by atoms with Crippen LogP contribution in [0.25, 0.3) is 6.08 Å². The number of carbonyl (C=O) groups is 1. The van der Waals surface area contributed by atoms with Crippen LogP contribution < -0.4 is 10.2 Å². The van der Waals surface area contributed by atoms with Crippen molar-refractivity contribution in [2.75, 3.05) is 19.0 Å². The van der Waals surface area contributed by atoms with Crippen LogP contribution in [0.3, 0.4) is 0 Å². The molecule has 0 bridgehead atoms. The highest BCUT2D eigenvalue weighted by molar-refractivity contribution is 9.10. The summed E-state index contributed by atoms with van der Waals surface area (Å²) in [4.78, 5) is 19.3. The Kier molecular flexibility index (Phi) is 5.30. The van der Waals surface area contributed by atoms with E-state index in [0.717, 1.165) is 21.4 Å². The normalized spacial score (nSPS) is 17.2. The Bertz CT molecular complexity index is 873. The quantitative estimate of drug-likeness (QED) is 0.737. The number of rotatable bonds is 3. The molecule has 4 nitrogen and oxygen atoms in total. The van der Waals surface area contributed by atoms with Gasteiger partial charge in [-0.15, -0.1) is 0 Å². The number of hydrogen-bond donors (Lipinski definition) is 1. The summed E-state index contributed by atoms with van der Waals surface area (Å²) >= 11 is 4.93. The first-order chi connectivity index (χ1) is 11.9. The molecule has 1 aliphatic rings. The monoisotopic (exact) mass is 415 g/mol. The van der Waals surface area contributed by atoms with E-state index < -0.39 is 0 Å². The number of benzene rings is 2. The minimum atomic E-state index is -0.122. The Morgan fingerprint density at radius 1 is 1.16 bits per heavy atom. The summed E-state index contributed by atoms with van der Waals surface area (Å²) in [7, 11) is 3.98. The van der Waals surface area contributed by atoms with Gasteiger partial charge >= 0.3 is 0 Å². The van der Waals surface area contributed by atoms with Crippen molar-refractivity contribution in [1.82, 2.24) is 5.32 Å². The second kappa shape index (κ2) is 7.45. The number of amides is 1. The summed E-state index contributed by atoms with van der Waals surface area (Å²) in [5, 5.41) is 3.42. The number of thioether (sulfide) groups is 1. The molecular formula is C19H18BrN3OS. The summed E-state index contributed by atoms with van der Waals surface area (Å²) in [6, 6.07) is 13.9. The SMILES string of the molecule is Cc1ccc(N=C2NC(=O)/C(=C\c3ccc(N(C)C)c(Br)c3)S2)cc1. The fourth-order valence-electron chi connectivity index (χ4n) is 2.34. The molecule has 3 rings (SSSR count). The third kappa shape index (κ3) is 4.32. The van der Waals surface area contributed by atoms with Gasteiger partial charge in [0.05, 0.1) is 16.3 Å². The van der Waals surface area contributed by atoms with Crippen molar-refractivity contribution >= 4 is 56.2 Å². The highest BCUT2D eigenvalue weighted by Crippen LogP contribution is 2.31. The van der Waals surface area contributed by atoms with Gasteiger partial charge in [-0.3, -0.25) is 4.79 Å². The number of halogens is 1. The maximum Gasteiger partial charge on any atom is 0.264 e. The molecule has 0 saturated carbocycles. The molecule has 0 radical (unpaired) electrons. The highest BCUT2D eigenvalue weighted by Gasteiger charge is 2.23. The van der Waals surface area contributed by atoms with Crippen LogP contribution in [0.5, 0.6) is 0 Å². The fourth-order valence-corrected chi connectivity index (χ4v) is 3.94. The van der Waals surface area contributed by atoms with Gasteiger partial charge in [0.2, 0.25) is 0 Å². The Morgan fingerprint density at radius 2 is 1.88 bits per heavy atom. The molecule has 1 fully saturated rings. The molecule has 25 heavy (non-hydrogen) atoms. The van der Waals surface area contributed by atoms with Crippen molar-refractivity contribution in [3.8, 4) is 0 Å². The number of nitrogens with one attached hydrogen (secondary N) is 1. The second-order valence-electron chi connectivity index (χ2n) is 5.92.